The molecule has 1 aromatic heterocycles. The summed E-state index contributed by atoms with van der Waals surface area (Å²) in [5.74, 6) is -0.463. The molecule has 0 aliphatic rings. The Morgan fingerprint density at radius 1 is 1.09 bits per heavy atom. The second-order valence-corrected chi connectivity index (χ2v) is 6.79. The highest BCUT2D eigenvalue weighted by Crippen LogP contribution is 2.16. The molecular weight excluding hydrogens is 432 g/mol. The summed E-state index contributed by atoms with van der Waals surface area (Å²) >= 11 is 11.8. The summed E-state index contributed by atoms with van der Waals surface area (Å²) in [6, 6.07) is 12.0. The largest absolute Gasteiger partial charge is 0.331 e. The lowest BCUT2D eigenvalue weighted by Gasteiger charge is -2.07. The average Bonchev–Trinajstić information content (AvgIpc) is 2.48. The van der Waals surface area contributed by atoms with Crippen molar-refractivity contribution in [2.24, 2.45) is 0 Å². The first kappa shape index (κ1) is 15.3. The summed E-state index contributed by atoms with van der Waals surface area (Å²) in [7, 11) is 0. The minimum absolute atomic E-state index is 0.0739. The van der Waals surface area contributed by atoms with Gasteiger partial charge in [-0.15, -0.1) is 0 Å². The van der Waals surface area contributed by atoms with E-state index in [-0.39, 0.29) is 4.77 Å². The molecule has 0 saturated carbocycles. The first-order valence-electron chi connectivity index (χ1n) is 6.22. The van der Waals surface area contributed by atoms with Crippen molar-refractivity contribution in [2.75, 3.05) is 0 Å². The topological polar surface area (TPSA) is 54.9 Å². The minimum atomic E-state index is -0.463. The van der Waals surface area contributed by atoms with Gasteiger partial charge in [0.25, 0.3) is 11.5 Å². The van der Waals surface area contributed by atoms with E-state index in [0.717, 1.165) is 13.5 Å². The smallest absolute Gasteiger partial charge is 0.269 e. The molecule has 22 heavy (non-hydrogen) atoms. The van der Waals surface area contributed by atoms with Crippen molar-refractivity contribution in [3.05, 3.63) is 72.1 Å². The SMILES string of the molecule is O=C(c1cccc(Br)c1)n1c(=S)[nH]c2ccc(Br)cc2c1=O. The van der Waals surface area contributed by atoms with Gasteiger partial charge in [-0.1, -0.05) is 37.9 Å². The van der Waals surface area contributed by atoms with Gasteiger partial charge in [0.2, 0.25) is 0 Å². The third-order valence-corrected chi connectivity index (χ3v) is 4.41. The highest BCUT2D eigenvalue weighted by Gasteiger charge is 2.15. The summed E-state index contributed by atoms with van der Waals surface area (Å²) < 4.78 is 2.56. The van der Waals surface area contributed by atoms with Gasteiger partial charge in [-0.2, -0.15) is 0 Å². The van der Waals surface area contributed by atoms with Crippen LogP contribution in [0.4, 0.5) is 0 Å². The summed E-state index contributed by atoms with van der Waals surface area (Å²) in [6.07, 6.45) is 0. The van der Waals surface area contributed by atoms with Crippen LogP contribution in [0, 0.1) is 4.77 Å². The Kier molecular flexibility index (Phi) is 4.12. The number of nitrogens with zero attached hydrogens (tertiary/aromatic N) is 1. The summed E-state index contributed by atoms with van der Waals surface area (Å²) in [6.45, 7) is 0. The molecule has 0 aliphatic heterocycles. The Morgan fingerprint density at radius 3 is 2.55 bits per heavy atom. The Balaban J connectivity index is 2.29. The van der Waals surface area contributed by atoms with Crippen molar-refractivity contribution in [3.63, 3.8) is 0 Å². The van der Waals surface area contributed by atoms with Crippen LogP contribution in [0.5, 0.6) is 0 Å². The number of halogens is 2. The normalized spacial score (nSPS) is 10.8. The molecule has 0 aliphatic carbocycles. The predicted molar refractivity (Wildman–Crippen MR) is 95.0 cm³/mol. The van der Waals surface area contributed by atoms with Crippen molar-refractivity contribution in [3.8, 4) is 0 Å². The summed E-state index contributed by atoms with van der Waals surface area (Å²) in [4.78, 5) is 28.2. The third kappa shape index (κ3) is 2.71. The number of carbonyl (C=O) groups excluding carboxylic acids is 1. The molecule has 3 rings (SSSR count). The standard InChI is InChI=1S/C15H8Br2N2O2S/c16-9-3-1-2-8(6-9)13(20)19-14(21)11-7-10(17)4-5-12(11)18-15(19)22/h1-7H,(H,18,22). The van der Waals surface area contributed by atoms with E-state index in [2.05, 4.69) is 36.8 Å². The van der Waals surface area contributed by atoms with Crippen molar-refractivity contribution < 1.29 is 4.79 Å². The van der Waals surface area contributed by atoms with E-state index < -0.39 is 11.5 Å². The summed E-state index contributed by atoms with van der Waals surface area (Å²) in [5.41, 5.74) is 0.534. The quantitative estimate of drug-likeness (QED) is 0.576. The van der Waals surface area contributed by atoms with Gasteiger partial charge < -0.3 is 4.98 Å². The van der Waals surface area contributed by atoms with Gasteiger partial charge in [0, 0.05) is 14.5 Å². The number of carbonyl (C=O) groups is 1. The van der Waals surface area contributed by atoms with E-state index >= 15 is 0 Å². The van der Waals surface area contributed by atoms with E-state index in [4.69, 9.17) is 12.2 Å². The van der Waals surface area contributed by atoms with Crippen molar-refractivity contribution in [1.82, 2.24) is 9.55 Å². The maximum absolute atomic E-state index is 12.6. The van der Waals surface area contributed by atoms with Crippen LogP contribution >= 0.6 is 44.1 Å². The molecule has 0 amide bonds. The van der Waals surface area contributed by atoms with Gasteiger partial charge >= 0.3 is 0 Å². The zero-order chi connectivity index (χ0) is 15.9. The zero-order valence-corrected chi connectivity index (χ0v) is 15.0. The van der Waals surface area contributed by atoms with Crippen molar-refractivity contribution in [2.45, 2.75) is 0 Å². The molecule has 0 unspecified atom stereocenters. The number of benzene rings is 2. The van der Waals surface area contributed by atoms with Gasteiger partial charge in [-0.3, -0.25) is 9.59 Å². The predicted octanol–water partition coefficient (Wildman–Crippen LogP) is 4.27. The van der Waals surface area contributed by atoms with E-state index in [0.29, 0.717) is 16.5 Å². The molecule has 0 atom stereocenters. The number of H-pyrrole nitrogens is 1. The minimum Gasteiger partial charge on any atom is -0.331 e. The lowest BCUT2D eigenvalue weighted by molar-refractivity contribution is 0.0953. The van der Waals surface area contributed by atoms with E-state index in [9.17, 15) is 9.59 Å². The molecule has 2 aromatic carbocycles. The van der Waals surface area contributed by atoms with Gasteiger partial charge in [-0.25, -0.2) is 4.57 Å². The van der Waals surface area contributed by atoms with Crippen LogP contribution in [0.2, 0.25) is 0 Å². The number of hydrogen-bond acceptors (Lipinski definition) is 3. The van der Waals surface area contributed by atoms with Crippen LogP contribution in [0.15, 0.2) is 56.2 Å². The van der Waals surface area contributed by atoms with Gasteiger partial charge in [0.1, 0.15) is 0 Å². The molecule has 110 valence electrons. The molecule has 0 fully saturated rings. The highest BCUT2D eigenvalue weighted by atomic mass is 79.9. The van der Waals surface area contributed by atoms with E-state index in [1.165, 1.54) is 0 Å². The van der Waals surface area contributed by atoms with Gasteiger partial charge in [0.05, 0.1) is 10.9 Å². The third-order valence-electron chi connectivity index (χ3n) is 3.13. The molecule has 1 N–H and O–H groups in total. The maximum Gasteiger partial charge on any atom is 0.269 e. The zero-order valence-electron chi connectivity index (χ0n) is 11.0. The first-order valence-corrected chi connectivity index (χ1v) is 8.21. The molecule has 1 heterocycles. The van der Waals surface area contributed by atoms with Crippen LogP contribution in [0.25, 0.3) is 10.9 Å². The van der Waals surface area contributed by atoms with Crippen LogP contribution in [-0.2, 0) is 0 Å². The fraction of sp³-hybridized carbons (Fsp3) is 0. The second-order valence-electron chi connectivity index (χ2n) is 4.58. The number of aromatic amines is 1. The van der Waals surface area contributed by atoms with Crippen LogP contribution in [0.1, 0.15) is 10.4 Å². The monoisotopic (exact) mass is 438 g/mol. The van der Waals surface area contributed by atoms with Gasteiger partial charge in [-0.05, 0) is 48.6 Å². The molecule has 0 spiro atoms. The Hall–Kier alpha value is -1.57. The molecule has 0 bridgehead atoms. The van der Waals surface area contributed by atoms with Gasteiger partial charge in [0.15, 0.2) is 4.77 Å². The van der Waals surface area contributed by atoms with Crippen LogP contribution in [-0.4, -0.2) is 15.5 Å². The van der Waals surface area contributed by atoms with Crippen LogP contribution < -0.4 is 5.56 Å². The lowest BCUT2D eigenvalue weighted by atomic mass is 10.2. The Bertz CT molecular complexity index is 1020. The molecule has 4 nitrogen and oxygen atoms in total. The number of hydrogen-bond donors (Lipinski definition) is 1. The van der Waals surface area contributed by atoms with Crippen molar-refractivity contribution >= 4 is 60.9 Å². The molecule has 0 radical (unpaired) electrons. The number of aromatic nitrogens is 2. The fourth-order valence-corrected chi connectivity index (χ4v) is 3.16. The van der Waals surface area contributed by atoms with Crippen molar-refractivity contribution in [1.29, 1.82) is 0 Å². The molecule has 0 saturated heterocycles. The van der Waals surface area contributed by atoms with Crippen LogP contribution in [0.3, 0.4) is 0 Å². The average molecular weight is 440 g/mol. The number of rotatable bonds is 1. The molecule has 3 aromatic rings. The first-order chi connectivity index (χ1) is 10.5. The second kappa shape index (κ2) is 5.91. The van der Waals surface area contributed by atoms with E-state index in [1.807, 2.05) is 0 Å². The summed E-state index contributed by atoms with van der Waals surface area (Å²) in [5, 5.41) is 0.395. The van der Waals surface area contributed by atoms with E-state index in [1.54, 1.807) is 42.5 Å². The highest BCUT2D eigenvalue weighted by molar-refractivity contribution is 9.10. The Labute approximate surface area is 147 Å². The number of nitrogens with one attached hydrogen (secondary N) is 1. The molecular formula is C15H8Br2N2O2S. The Morgan fingerprint density at radius 2 is 1.82 bits per heavy atom. The fourth-order valence-electron chi connectivity index (χ4n) is 2.12. The lowest BCUT2D eigenvalue weighted by Crippen LogP contribution is -2.29. The molecule has 7 heteroatoms. The number of fused-ring (bicyclic) bond motifs is 1. The maximum atomic E-state index is 12.6.